The van der Waals surface area contributed by atoms with Gasteiger partial charge in [0.25, 0.3) is 0 Å². The van der Waals surface area contributed by atoms with E-state index in [2.05, 4.69) is 5.32 Å². The van der Waals surface area contributed by atoms with E-state index in [0.29, 0.717) is 0 Å². The summed E-state index contributed by atoms with van der Waals surface area (Å²) in [5.74, 6) is 0.757. The van der Waals surface area contributed by atoms with Crippen LogP contribution in [0.25, 0.3) is 0 Å². The first-order valence-electron chi connectivity index (χ1n) is 8.03. The van der Waals surface area contributed by atoms with Crippen molar-refractivity contribution in [1.29, 1.82) is 0 Å². The van der Waals surface area contributed by atoms with Crippen molar-refractivity contribution in [1.82, 2.24) is 5.32 Å². The summed E-state index contributed by atoms with van der Waals surface area (Å²) in [6.07, 6.45) is 1.18. The van der Waals surface area contributed by atoms with Crippen LogP contribution in [0, 0.1) is 0 Å². The Bertz CT molecular complexity index is 802. The molecule has 1 amide bonds. The van der Waals surface area contributed by atoms with Crippen molar-refractivity contribution in [2.75, 3.05) is 6.26 Å². The first-order chi connectivity index (χ1) is 11.8. The minimum Gasteiger partial charge on any atom is -0.349 e. The zero-order valence-electron chi connectivity index (χ0n) is 14.6. The second kappa shape index (κ2) is 8.54. The fraction of sp³-hybridized carbons (Fsp3) is 0.316. The van der Waals surface area contributed by atoms with Crippen LogP contribution in [-0.2, 0) is 20.4 Å². The van der Waals surface area contributed by atoms with E-state index in [-0.39, 0.29) is 22.1 Å². The standard InChI is InChI=1S/C19H23NO3S2/c1-14(17-9-11-18(12-10-17)25(3,22)23)20-19(21)15(2)24-13-16-7-5-4-6-8-16/h4-12,14-15H,13H2,1-3H3,(H,20,21)/t14-,15-/m1/s1. The molecule has 0 radical (unpaired) electrons. The summed E-state index contributed by atoms with van der Waals surface area (Å²) in [7, 11) is -3.21. The lowest BCUT2D eigenvalue weighted by atomic mass is 10.1. The molecule has 1 N–H and O–H groups in total. The molecule has 0 aliphatic heterocycles. The van der Waals surface area contributed by atoms with Gasteiger partial charge in [-0.05, 0) is 37.1 Å². The van der Waals surface area contributed by atoms with Gasteiger partial charge in [-0.2, -0.15) is 0 Å². The van der Waals surface area contributed by atoms with Gasteiger partial charge in [-0.3, -0.25) is 4.79 Å². The maximum Gasteiger partial charge on any atom is 0.233 e. The zero-order chi connectivity index (χ0) is 18.4. The monoisotopic (exact) mass is 377 g/mol. The van der Waals surface area contributed by atoms with Gasteiger partial charge in [0.05, 0.1) is 16.2 Å². The number of hydrogen-bond acceptors (Lipinski definition) is 4. The number of sulfone groups is 1. The Morgan fingerprint density at radius 1 is 1.04 bits per heavy atom. The average Bonchev–Trinajstić information content (AvgIpc) is 2.59. The van der Waals surface area contributed by atoms with Crippen molar-refractivity contribution in [3.05, 3.63) is 65.7 Å². The molecule has 6 heteroatoms. The van der Waals surface area contributed by atoms with Gasteiger partial charge in [0.2, 0.25) is 5.91 Å². The van der Waals surface area contributed by atoms with Crippen molar-refractivity contribution >= 4 is 27.5 Å². The first-order valence-corrected chi connectivity index (χ1v) is 11.0. The van der Waals surface area contributed by atoms with Crippen LogP contribution in [0.1, 0.15) is 31.0 Å². The van der Waals surface area contributed by atoms with E-state index in [0.717, 1.165) is 11.3 Å². The second-order valence-corrected chi connectivity index (χ2v) is 9.36. The number of rotatable bonds is 7. The minimum absolute atomic E-state index is 0.0272. The third-order valence-corrected chi connectivity index (χ3v) is 6.22. The van der Waals surface area contributed by atoms with Crippen molar-refractivity contribution in [2.45, 2.75) is 35.8 Å². The number of carbonyl (C=O) groups excluding carboxylic acids is 1. The van der Waals surface area contributed by atoms with Crippen LogP contribution in [0.4, 0.5) is 0 Å². The summed E-state index contributed by atoms with van der Waals surface area (Å²) in [5.41, 5.74) is 2.07. The van der Waals surface area contributed by atoms with E-state index in [4.69, 9.17) is 0 Å². The molecule has 0 heterocycles. The second-order valence-electron chi connectivity index (χ2n) is 6.01. The molecule has 4 nitrogen and oxygen atoms in total. The third kappa shape index (κ3) is 5.90. The Morgan fingerprint density at radius 3 is 2.20 bits per heavy atom. The molecule has 2 aromatic carbocycles. The van der Waals surface area contributed by atoms with Crippen molar-refractivity contribution in [3.8, 4) is 0 Å². The fourth-order valence-electron chi connectivity index (χ4n) is 2.29. The highest BCUT2D eigenvalue weighted by Gasteiger charge is 2.17. The van der Waals surface area contributed by atoms with Crippen molar-refractivity contribution in [2.24, 2.45) is 0 Å². The van der Waals surface area contributed by atoms with E-state index < -0.39 is 9.84 Å². The Kier molecular flexibility index (Phi) is 6.67. The molecule has 0 aliphatic rings. The highest BCUT2D eigenvalue weighted by atomic mass is 32.2. The molecule has 2 rings (SSSR count). The van der Waals surface area contributed by atoms with E-state index >= 15 is 0 Å². The van der Waals surface area contributed by atoms with Crippen LogP contribution in [0.15, 0.2) is 59.5 Å². The molecule has 0 saturated heterocycles. The number of hydrogen-bond donors (Lipinski definition) is 1. The summed E-state index contributed by atoms with van der Waals surface area (Å²) in [6.45, 7) is 3.78. The molecule has 0 aliphatic carbocycles. The molecule has 0 unspecified atom stereocenters. The Balaban J connectivity index is 1.90. The lowest BCUT2D eigenvalue weighted by Crippen LogP contribution is -2.33. The minimum atomic E-state index is -3.21. The Labute approximate surface area is 154 Å². The number of benzene rings is 2. The fourth-order valence-corrected chi connectivity index (χ4v) is 3.77. The Hall–Kier alpha value is -1.79. The number of thioether (sulfide) groups is 1. The molecule has 25 heavy (non-hydrogen) atoms. The van der Waals surface area contributed by atoms with E-state index in [1.807, 2.05) is 44.2 Å². The van der Waals surface area contributed by atoms with Gasteiger partial charge in [-0.1, -0.05) is 42.5 Å². The van der Waals surface area contributed by atoms with Gasteiger partial charge in [-0.25, -0.2) is 8.42 Å². The lowest BCUT2D eigenvalue weighted by molar-refractivity contribution is -0.120. The van der Waals surface area contributed by atoms with Crippen molar-refractivity contribution in [3.63, 3.8) is 0 Å². The van der Waals surface area contributed by atoms with Gasteiger partial charge in [0, 0.05) is 12.0 Å². The van der Waals surface area contributed by atoms with Gasteiger partial charge < -0.3 is 5.32 Å². The smallest absolute Gasteiger partial charge is 0.233 e. The zero-order valence-corrected chi connectivity index (χ0v) is 16.2. The third-order valence-electron chi connectivity index (χ3n) is 3.88. The maximum absolute atomic E-state index is 12.3. The summed E-state index contributed by atoms with van der Waals surface area (Å²) < 4.78 is 23.0. The van der Waals surface area contributed by atoms with Gasteiger partial charge in [0.1, 0.15) is 0 Å². The predicted octanol–water partition coefficient (Wildman–Crippen LogP) is 3.59. The van der Waals surface area contributed by atoms with Crippen molar-refractivity contribution < 1.29 is 13.2 Å². The number of amides is 1. The summed E-state index contributed by atoms with van der Waals surface area (Å²) >= 11 is 1.59. The van der Waals surface area contributed by atoms with Crippen LogP contribution in [0.5, 0.6) is 0 Å². The molecule has 2 aromatic rings. The lowest BCUT2D eigenvalue weighted by Gasteiger charge is -2.18. The summed E-state index contributed by atoms with van der Waals surface area (Å²) in [6, 6.07) is 16.5. The topological polar surface area (TPSA) is 63.2 Å². The normalized spacial score (nSPS) is 13.9. The molecule has 0 fully saturated rings. The average molecular weight is 378 g/mol. The van der Waals surface area contributed by atoms with E-state index in [1.54, 1.807) is 36.0 Å². The molecule has 0 bridgehead atoms. The van der Waals surface area contributed by atoms with Crippen LogP contribution < -0.4 is 5.32 Å². The Morgan fingerprint density at radius 2 is 1.64 bits per heavy atom. The SMILES string of the molecule is C[C@@H](SCc1ccccc1)C(=O)N[C@H](C)c1ccc(S(C)(=O)=O)cc1. The molecule has 0 aromatic heterocycles. The maximum atomic E-state index is 12.3. The van der Waals surface area contributed by atoms with Crippen LogP contribution in [-0.4, -0.2) is 25.8 Å². The number of carbonyl (C=O) groups is 1. The molecule has 2 atom stereocenters. The highest BCUT2D eigenvalue weighted by Crippen LogP contribution is 2.20. The van der Waals surface area contributed by atoms with Crippen LogP contribution in [0.3, 0.4) is 0 Å². The van der Waals surface area contributed by atoms with E-state index in [9.17, 15) is 13.2 Å². The highest BCUT2D eigenvalue weighted by molar-refractivity contribution is 7.99. The molecular formula is C19H23NO3S2. The summed E-state index contributed by atoms with van der Waals surface area (Å²) in [4.78, 5) is 12.6. The molecular weight excluding hydrogens is 354 g/mol. The van der Waals surface area contributed by atoms with Gasteiger partial charge >= 0.3 is 0 Å². The van der Waals surface area contributed by atoms with Crippen LogP contribution in [0.2, 0.25) is 0 Å². The summed E-state index contributed by atoms with van der Waals surface area (Å²) in [5, 5.41) is 2.81. The largest absolute Gasteiger partial charge is 0.349 e. The van der Waals surface area contributed by atoms with E-state index in [1.165, 1.54) is 11.8 Å². The molecule has 0 spiro atoms. The van der Waals surface area contributed by atoms with Gasteiger partial charge in [-0.15, -0.1) is 11.8 Å². The first kappa shape index (κ1) is 19.5. The van der Waals surface area contributed by atoms with Gasteiger partial charge in [0.15, 0.2) is 9.84 Å². The predicted molar refractivity (Wildman–Crippen MR) is 103 cm³/mol. The molecule has 134 valence electrons. The number of nitrogens with one attached hydrogen (secondary N) is 1. The molecule has 0 saturated carbocycles. The van der Waals surface area contributed by atoms with Crippen LogP contribution >= 0.6 is 11.8 Å². The quantitative estimate of drug-likeness (QED) is 0.801.